The van der Waals surface area contributed by atoms with E-state index in [1.165, 1.54) is 30.5 Å². The molecular weight excluding hydrogens is 298 g/mol. The van der Waals surface area contributed by atoms with E-state index < -0.39 is 0 Å². The lowest BCUT2D eigenvalue weighted by Gasteiger charge is -2.10. The Balaban J connectivity index is 2.29. The molecule has 0 radical (unpaired) electrons. The smallest absolute Gasteiger partial charge is 0.0721 e. The Labute approximate surface area is 114 Å². The first-order chi connectivity index (χ1) is 8.25. The maximum absolute atomic E-state index is 6.54. The summed E-state index contributed by atoms with van der Waals surface area (Å²) in [6.45, 7) is 0. The molecule has 1 aromatic heterocycles. The second-order valence-electron chi connectivity index (χ2n) is 4.57. The zero-order valence-corrected chi connectivity index (χ0v) is 11.8. The minimum atomic E-state index is 0.910. The SMILES string of the molecule is Clc1c2c(nc3ccc(Br)cc13)CCCCC2. The molecule has 3 rings (SSSR count). The van der Waals surface area contributed by atoms with Crippen molar-refractivity contribution in [1.82, 2.24) is 4.98 Å². The standard InChI is InChI=1S/C14H13BrClN/c15-9-6-7-13-11(8-9)14(16)10-4-2-1-3-5-12(10)17-13/h6-8H,1-5H2. The predicted molar refractivity (Wildman–Crippen MR) is 75.7 cm³/mol. The first-order valence-corrected chi connectivity index (χ1v) is 7.19. The van der Waals surface area contributed by atoms with Gasteiger partial charge < -0.3 is 0 Å². The van der Waals surface area contributed by atoms with Gasteiger partial charge in [0.15, 0.2) is 0 Å². The molecule has 0 saturated carbocycles. The molecule has 0 unspecified atom stereocenters. The van der Waals surface area contributed by atoms with E-state index in [0.717, 1.165) is 33.2 Å². The quantitative estimate of drug-likeness (QED) is 0.629. The van der Waals surface area contributed by atoms with E-state index in [4.69, 9.17) is 16.6 Å². The summed E-state index contributed by atoms with van der Waals surface area (Å²) in [5, 5.41) is 1.98. The molecule has 1 aromatic carbocycles. The molecule has 0 aliphatic heterocycles. The van der Waals surface area contributed by atoms with E-state index >= 15 is 0 Å². The first kappa shape index (κ1) is 11.5. The lowest BCUT2D eigenvalue weighted by molar-refractivity contribution is 0.709. The number of rotatable bonds is 0. The zero-order valence-electron chi connectivity index (χ0n) is 9.47. The number of nitrogens with zero attached hydrogens (tertiary/aromatic N) is 1. The van der Waals surface area contributed by atoms with Gasteiger partial charge >= 0.3 is 0 Å². The Kier molecular flexibility index (Phi) is 3.10. The second kappa shape index (κ2) is 4.58. The third-order valence-electron chi connectivity index (χ3n) is 3.40. The molecule has 0 saturated heterocycles. The predicted octanol–water partition coefficient (Wildman–Crippen LogP) is 4.92. The second-order valence-corrected chi connectivity index (χ2v) is 5.87. The summed E-state index contributed by atoms with van der Waals surface area (Å²) in [7, 11) is 0. The normalized spacial score (nSPS) is 15.6. The van der Waals surface area contributed by atoms with Gasteiger partial charge in [0.2, 0.25) is 0 Å². The van der Waals surface area contributed by atoms with E-state index in [1.54, 1.807) is 0 Å². The van der Waals surface area contributed by atoms with Crippen LogP contribution in [-0.4, -0.2) is 4.98 Å². The van der Waals surface area contributed by atoms with Crippen molar-refractivity contribution in [2.45, 2.75) is 32.1 Å². The molecule has 0 spiro atoms. The number of aromatic nitrogens is 1. The van der Waals surface area contributed by atoms with Gasteiger partial charge in [-0.15, -0.1) is 0 Å². The number of benzene rings is 1. The summed E-state index contributed by atoms with van der Waals surface area (Å²) in [4.78, 5) is 4.77. The van der Waals surface area contributed by atoms with Gasteiger partial charge in [0.05, 0.1) is 10.5 Å². The Morgan fingerprint density at radius 3 is 2.82 bits per heavy atom. The average Bonchev–Trinajstić information content (AvgIpc) is 2.56. The number of pyridine rings is 1. The highest BCUT2D eigenvalue weighted by molar-refractivity contribution is 9.10. The van der Waals surface area contributed by atoms with Crippen molar-refractivity contribution in [2.24, 2.45) is 0 Å². The Morgan fingerprint density at radius 2 is 1.94 bits per heavy atom. The van der Waals surface area contributed by atoms with Gasteiger partial charge in [-0.3, -0.25) is 4.98 Å². The highest BCUT2D eigenvalue weighted by atomic mass is 79.9. The largest absolute Gasteiger partial charge is 0.252 e. The Hall–Kier alpha value is -0.600. The highest BCUT2D eigenvalue weighted by Gasteiger charge is 2.15. The van der Waals surface area contributed by atoms with E-state index in [9.17, 15) is 0 Å². The van der Waals surface area contributed by atoms with Crippen molar-refractivity contribution in [3.63, 3.8) is 0 Å². The fourth-order valence-corrected chi connectivity index (χ4v) is 3.23. The minimum absolute atomic E-state index is 0.910. The maximum atomic E-state index is 6.54. The lowest BCUT2D eigenvalue weighted by Crippen LogP contribution is -1.98. The van der Waals surface area contributed by atoms with Crippen molar-refractivity contribution in [1.29, 1.82) is 0 Å². The van der Waals surface area contributed by atoms with E-state index in [2.05, 4.69) is 22.0 Å². The molecule has 1 aliphatic carbocycles. The first-order valence-electron chi connectivity index (χ1n) is 6.02. The van der Waals surface area contributed by atoms with Crippen molar-refractivity contribution < 1.29 is 0 Å². The highest BCUT2D eigenvalue weighted by Crippen LogP contribution is 2.33. The maximum Gasteiger partial charge on any atom is 0.0721 e. The van der Waals surface area contributed by atoms with Crippen LogP contribution >= 0.6 is 27.5 Å². The van der Waals surface area contributed by atoms with Gasteiger partial charge in [-0.2, -0.15) is 0 Å². The molecule has 2 aromatic rings. The summed E-state index contributed by atoms with van der Waals surface area (Å²) in [5.74, 6) is 0. The van der Waals surface area contributed by atoms with Crippen molar-refractivity contribution in [2.75, 3.05) is 0 Å². The van der Waals surface area contributed by atoms with Crippen LogP contribution in [0.3, 0.4) is 0 Å². The van der Waals surface area contributed by atoms with E-state index in [0.29, 0.717) is 0 Å². The molecule has 3 heteroatoms. The van der Waals surface area contributed by atoms with Crippen LogP contribution in [0.2, 0.25) is 5.02 Å². The fourth-order valence-electron chi connectivity index (χ4n) is 2.52. The van der Waals surface area contributed by atoms with Crippen molar-refractivity contribution in [3.05, 3.63) is 39.0 Å². The monoisotopic (exact) mass is 309 g/mol. The van der Waals surface area contributed by atoms with Crippen molar-refractivity contribution >= 4 is 38.4 Å². The number of hydrogen-bond donors (Lipinski definition) is 0. The summed E-state index contributed by atoms with van der Waals surface area (Å²) in [6.07, 6.45) is 5.89. The number of halogens is 2. The number of aryl methyl sites for hydroxylation is 1. The van der Waals surface area contributed by atoms with Crippen LogP contribution in [0.15, 0.2) is 22.7 Å². The molecule has 0 N–H and O–H groups in total. The summed E-state index contributed by atoms with van der Waals surface area (Å²) in [5.41, 5.74) is 3.50. The van der Waals surface area contributed by atoms with Gasteiger partial charge in [-0.1, -0.05) is 34.0 Å². The molecular formula is C14H13BrClN. The van der Waals surface area contributed by atoms with Gasteiger partial charge in [-0.05, 0) is 49.4 Å². The van der Waals surface area contributed by atoms with Gasteiger partial charge in [0.1, 0.15) is 0 Å². The molecule has 0 amide bonds. The summed E-state index contributed by atoms with van der Waals surface area (Å²) >= 11 is 10.0. The van der Waals surface area contributed by atoms with Crippen LogP contribution in [0.1, 0.15) is 30.5 Å². The molecule has 17 heavy (non-hydrogen) atoms. The van der Waals surface area contributed by atoms with Crippen molar-refractivity contribution in [3.8, 4) is 0 Å². The number of fused-ring (bicyclic) bond motifs is 2. The van der Waals surface area contributed by atoms with Crippen LogP contribution in [0.25, 0.3) is 10.9 Å². The molecule has 1 heterocycles. The van der Waals surface area contributed by atoms with Gasteiger partial charge in [-0.25, -0.2) is 0 Å². The third kappa shape index (κ3) is 2.09. The molecule has 1 aliphatic rings. The third-order valence-corrected chi connectivity index (χ3v) is 4.33. The zero-order chi connectivity index (χ0) is 11.8. The van der Waals surface area contributed by atoms with Gasteiger partial charge in [0, 0.05) is 15.6 Å². The molecule has 88 valence electrons. The van der Waals surface area contributed by atoms with E-state index in [1.807, 2.05) is 12.1 Å². The summed E-state index contributed by atoms with van der Waals surface area (Å²) in [6, 6.07) is 6.13. The Bertz CT molecular complexity index is 580. The van der Waals surface area contributed by atoms with Crippen LogP contribution in [0.4, 0.5) is 0 Å². The van der Waals surface area contributed by atoms with Crippen LogP contribution in [0, 0.1) is 0 Å². The minimum Gasteiger partial charge on any atom is -0.252 e. The number of hydrogen-bond acceptors (Lipinski definition) is 1. The Morgan fingerprint density at radius 1 is 1.12 bits per heavy atom. The van der Waals surface area contributed by atoms with Crippen LogP contribution in [-0.2, 0) is 12.8 Å². The molecule has 1 nitrogen and oxygen atoms in total. The van der Waals surface area contributed by atoms with Gasteiger partial charge in [0.25, 0.3) is 0 Å². The molecule has 0 fully saturated rings. The summed E-state index contributed by atoms with van der Waals surface area (Å²) < 4.78 is 1.06. The topological polar surface area (TPSA) is 12.9 Å². The fraction of sp³-hybridized carbons (Fsp3) is 0.357. The average molecular weight is 311 g/mol. The van der Waals surface area contributed by atoms with Crippen LogP contribution < -0.4 is 0 Å². The van der Waals surface area contributed by atoms with E-state index in [-0.39, 0.29) is 0 Å². The molecule has 0 atom stereocenters. The lowest BCUT2D eigenvalue weighted by atomic mass is 10.1. The van der Waals surface area contributed by atoms with Crippen LogP contribution in [0.5, 0.6) is 0 Å². The molecule has 0 bridgehead atoms.